The zero-order valence-corrected chi connectivity index (χ0v) is 14.5. The van der Waals surface area contributed by atoms with Crippen molar-refractivity contribution in [1.82, 2.24) is 29.7 Å². The smallest absolute Gasteiger partial charge is 0.255 e. The molecule has 1 aromatic carbocycles. The summed E-state index contributed by atoms with van der Waals surface area (Å²) in [5.41, 5.74) is 2.98. The van der Waals surface area contributed by atoms with Crippen LogP contribution in [-0.2, 0) is 0 Å². The van der Waals surface area contributed by atoms with Gasteiger partial charge in [-0.2, -0.15) is 5.10 Å². The van der Waals surface area contributed by atoms with Gasteiger partial charge in [-0.25, -0.2) is 4.68 Å². The molecule has 4 aromatic rings. The van der Waals surface area contributed by atoms with E-state index in [1.807, 2.05) is 73.0 Å². The third-order valence-corrected chi connectivity index (χ3v) is 4.33. The van der Waals surface area contributed by atoms with Crippen LogP contribution in [0.2, 0.25) is 0 Å². The van der Waals surface area contributed by atoms with E-state index in [4.69, 9.17) is 0 Å². The molecule has 0 bridgehead atoms. The summed E-state index contributed by atoms with van der Waals surface area (Å²) in [5.74, 6) is 0.493. The molecule has 1 atom stereocenters. The summed E-state index contributed by atoms with van der Waals surface area (Å²) in [4.78, 5) is 12.7. The minimum absolute atomic E-state index is 0.190. The number of aromatic nitrogens is 5. The lowest BCUT2D eigenvalue weighted by molar-refractivity contribution is 0.0937. The van der Waals surface area contributed by atoms with Crippen LogP contribution in [0.25, 0.3) is 11.3 Å². The molecule has 0 fully saturated rings. The number of benzene rings is 1. The van der Waals surface area contributed by atoms with Gasteiger partial charge < -0.3 is 5.32 Å². The first-order valence-corrected chi connectivity index (χ1v) is 8.35. The molecule has 7 nitrogen and oxygen atoms in total. The highest BCUT2D eigenvalue weighted by Gasteiger charge is 2.20. The lowest BCUT2D eigenvalue weighted by Gasteiger charge is -2.12. The Kier molecular flexibility index (Phi) is 3.96. The normalized spacial score (nSPS) is 12.2. The highest BCUT2D eigenvalue weighted by Crippen LogP contribution is 2.16. The van der Waals surface area contributed by atoms with Crippen LogP contribution in [-0.4, -0.2) is 30.3 Å². The standard InChI is InChI=1S/C19H18N6O/c1-13(18-23-22-17-10-6-7-11-24(17)18)21-19(26)16-12-20-25(14(16)2)15-8-4-3-5-9-15/h3-13H,1-2H3,(H,21,26)/t13-/m0/s1. The van der Waals surface area contributed by atoms with Crippen molar-refractivity contribution in [2.24, 2.45) is 0 Å². The second-order valence-electron chi connectivity index (χ2n) is 6.07. The molecule has 0 saturated heterocycles. The van der Waals surface area contributed by atoms with Gasteiger partial charge in [0.05, 0.1) is 29.2 Å². The minimum atomic E-state index is -0.292. The van der Waals surface area contributed by atoms with Crippen LogP contribution in [0.4, 0.5) is 0 Å². The Morgan fingerprint density at radius 1 is 1.08 bits per heavy atom. The summed E-state index contributed by atoms with van der Waals surface area (Å²) in [7, 11) is 0. The van der Waals surface area contributed by atoms with E-state index >= 15 is 0 Å². The lowest BCUT2D eigenvalue weighted by Crippen LogP contribution is -2.28. The zero-order valence-electron chi connectivity index (χ0n) is 14.5. The molecule has 130 valence electrons. The van der Waals surface area contributed by atoms with E-state index in [9.17, 15) is 4.79 Å². The summed E-state index contributed by atoms with van der Waals surface area (Å²) in [6.45, 7) is 3.77. The van der Waals surface area contributed by atoms with E-state index in [2.05, 4.69) is 20.6 Å². The molecule has 26 heavy (non-hydrogen) atoms. The van der Waals surface area contributed by atoms with Gasteiger partial charge >= 0.3 is 0 Å². The monoisotopic (exact) mass is 346 g/mol. The predicted octanol–water partition coefficient (Wildman–Crippen LogP) is 2.71. The van der Waals surface area contributed by atoms with Crippen molar-refractivity contribution < 1.29 is 4.79 Å². The fraction of sp³-hybridized carbons (Fsp3) is 0.158. The summed E-state index contributed by atoms with van der Waals surface area (Å²) in [6.07, 6.45) is 3.47. The number of amides is 1. The summed E-state index contributed by atoms with van der Waals surface area (Å²) < 4.78 is 3.62. The molecule has 0 aliphatic carbocycles. The van der Waals surface area contributed by atoms with E-state index in [1.54, 1.807) is 10.9 Å². The fourth-order valence-electron chi connectivity index (χ4n) is 2.96. The molecule has 0 radical (unpaired) electrons. The van der Waals surface area contributed by atoms with Crippen LogP contribution in [0, 0.1) is 6.92 Å². The molecule has 3 aromatic heterocycles. The lowest BCUT2D eigenvalue weighted by atomic mass is 10.2. The van der Waals surface area contributed by atoms with E-state index in [0.717, 1.165) is 17.0 Å². The first-order valence-electron chi connectivity index (χ1n) is 8.35. The Morgan fingerprint density at radius 2 is 1.85 bits per heavy atom. The summed E-state index contributed by atoms with van der Waals surface area (Å²) in [5, 5.41) is 15.7. The van der Waals surface area contributed by atoms with Gasteiger partial charge in [0.15, 0.2) is 11.5 Å². The largest absolute Gasteiger partial charge is 0.342 e. The van der Waals surface area contributed by atoms with Crippen molar-refractivity contribution in [1.29, 1.82) is 0 Å². The molecule has 0 saturated carbocycles. The Labute approximate surface area is 150 Å². The molecule has 1 amide bonds. The van der Waals surface area contributed by atoms with Gasteiger partial charge in [0.1, 0.15) is 0 Å². The molecular formula is C19H18N6O. The van der Waals surface area contributed by atoms with Gasteiger partial charge in [-0.05, 0) is 38.1 Å². The number of carbonyl (C=O) groups is 1. The SMILES string of the molecule is Cc1c(C(=O)N[C@@H](C)c2nnc3ccccn23)cnn1-c1ccccc1. The number of para-hydroxylation sites is 1. The summed E-state index contributed by atoms with van der Waals surface area (Å²) in [6, 6.07) is 15.1. The van der Waals surface area contributed by atoms with Crippen LogP contribution in [0.3, 0.4) is 0 Å². The molecule has 0 spiro atoms. The minimum Gasteiger partial charge on any atom is -0.342 e. The fourth-order valence-corrected chi connectivity index (χ4v) is 2.96. The number of pyridine rings is 1. The number of hydrogen-bond acceptors (Lipinski definition) is 4. The molecule has 1 N–H and O–H groups in total. The number of fused-ring (bicyclic) bond motifs is 1. The van der Waals surface area contributed by atoms with Crippen molar-refractivity contribution in [2.75, 3.05) is 0 Å². The maximum atomic E-state index is 12.7. The first-order chi connectivity index (χ1) is 12.6. The van der Waals surface area contributed by atoms with E-state index in [-0.39, 0.29) is 11.9 Å². The Balaban J connectivity index is 1.58. The average Bonchev–Trinajstić information content (AvgIpc) is 3.26. The van der Waals surface area contributed by atoms with Crippen molar-refractivity contribution >= 4 is 11.6 Å². The van der Waals surface area contributed by atoms with Gasteiger partial charge in [0, 0.05) is 6.20 Å². The number of hydrogen-bond donors (Lipinski definition) is 1. The molecule has 0 aliphatic rings. The van der Waals surface area contributed by atoms with Crippen molar-refractivity contribution in [3.8, 4) is 5.69 Å². The van der Waals surface area contributed by atoms with Gasteiger partial charge in [0.25, 0.3) is 5.91 Å². The molecular weight excluding hydrogens is 328 g/mol. The maximum absolute atomic E-state index is 12.7. The third-order valence-electron chi connectivity index (χ3n) is 4.33. The second kappa shape index (κ2) is 6.44. The van der Waals surface area contributed by atoms with Gasteiger partial charge in [0.2, 0.25) is 0 Å². The van der Waals surface area contributed by atoms with Crippen LogP contribution < -0.4 is 5.32 Å². The van der Waals surface area contributed by atoms with E-state index in [0.29, 0.717) is 11.4 Å². The van der Waals surface area contributed by atoms with Crippen molar-refractivity contribution in [2.45, 2.75) is 19.9 Å². The molecule has 0 unspecified atom stereocenters. The van der Waals surface area contributed by atoms with Gasteiger partial charge in [-0.15, -0.1) is 10.2 Å². The van der Waals surface area contributed by atoms with Gasteiger partial charge in [-0.1, -0.05) is 24.3 Å². The van der Waals surface area contributed by atoms with Gasteiger partial charge in [-0.3, -0.25) is 9.20 Å². The second-order valence-corrected chi connectivity index (χ2v) is 6.07. The van der Waals surface area contributed by atoms with Crippen molar-refractivity contribution in [3.63, 3.8) is 0 Å². The van der Waals surface area contributed by atoms with Crippen molar-refractivity contribution in [3.05, 3.63) is 78.0 Å². The molecule has 4 rings (SSSR count). The molecule has 0 aliphatic heterocycles. The van der Waals surface area contributed by atoms with E-state index in [1.165, 1.54) is 0 Å². The Bertz CT molecular complexity index is 1070. The number of rotatable bonds is 4. The maximum Gasteiger partial charge on any atom is 0.255 e. The number of nitrogens with zero attached hydrogens (tertiary/aromatic N) is 5. The highest BCUT2D eigenvalue weighted by atomic mass is 16.1. The zero-order chi connectivity index (χ0) is 18.1. The first kappa shape index (κ1) is 16.0. The average molecular weight is 346 g/mol. The van der Waals surface area contributed by atoms with Crippen LogP contribution in [0.5, 0.6) is 0 Å². The molecule has 7 heteroatoms. The van der Waals surface area contributed by atoms with Crippen LogP contribution >= 0.6 is 0 Å². The highest BCUT2D eigenvalue weighted by molar-refractivity contribution is 5.95. The predicted molar refractivity (Wildman–Crippen MR) is 97.2 cm³/mol. The number of carbonyl (C=O) groups excluding carboxylic acids is 1. The third kappa shape index (κ3) is 2.73. The Hall–Kier alpha value is -3.48. The van der Waals surface area contributed by atoms with Crippen LogP contribution in [0.1, 0.15) is 34.8 Å². The quantitative estimate of drug-likeness (QED) is 0.616. The van der Waals surface area contributed by atoms with Crippen LogP contribution in [0.15, 0.2) is 60.9 Å². The molecule has 3 heterocycles. The Morgan fingerprint density at radius 3 is 2.65 bits per heavy atom. The van der Waals surface area contributed by atoms with E-state index < -0.39 is 0 Å². The number of nitrogens with one attached hydrogen (secondary N) is 1. The topological polar surface area (TPSA) is 77.1 Å². The summed E-state index contributed by atoms with van der Waals surface area (Å²) >= 11 is 0.